The van der Waals surface area contributed by atoms with Crippen molar-refractivity contribution in [3.63, 3.8) is 0 Å². The lowest BCUT2D eigenvalue weighted by Crippen LogP contribution is -2.59. The van der Waals surface area contributed by atoms with Gasteiger partial charge in [-0.2, -0.15) is 0 Å². The predicted molar refractivity (Wildman–Crippen MR) is 174 cm³/mol. The molecule has 2 aliphatic rings. The van der Waals surface area contributed by atoms with Crippen LogP contribution in [-0.2, 0) is 45.4 Å². The summed E-state index contributed by atoms with van der Waals surface area (Å²) >= 11 is 0. The number of unbranched alkanes of at least 4 members (excludes halogenated alkanes) is 1. The molecule has 0 aromatic heterocycles. The van der Waals surface area contributed by atoms with E-state index < -0.39 is 35.7 Å². The van der Waals surface area contributed by atoms with Gasteiger partial charge in [0.1, 0.15) is 18.3 Å². The van der Waals surface area contributed by atoms with Gasteiger partial charge in [0.05, 0.1) is 31.8 Å². The molecular formula is C37H44N2O8. The predicted octanol–water partition coefficient (Wildman–Crippen LogP) is 3.92. The van der Waals surface area contributed by atoms with Crippen molar-refractivity contribution in [1.82, 2.24) is 9.80 Å². The molecule has 3 atom stereocenters. The highest BCUT2D eigenvalue weighted by Crippen LogP contribution is 2.44. The Kier molecular flexibility index (Phi) is 11.1. The number of amides is 2. The van der Waals surface area contributed by atoms with Crippen LogP contribution in [-0.4, -0.2) is 75.3 Å². The Morgan fingerprint density at radius 3 is 2.19 bits per heavy atom. The molecule has 0 fully saturated rings. The van der Waals surface area contributed by atoms with E-state index in [1.54, 1.807) is 18.0 Å². The molecule has 3 unspecified atom stereocenters. The lowest BCUT2D eigenvalue weighted by molar-refractivity contribution is -0.301. The largest absolute Gasteiger partial charge is 0.491 e. The summed E-state index contributed by atoms with van der Waals surface area (Å²) in [5.41, 5.74) is 3.17. The molecule has 0 spiro atoms. The Hall–Kier alpha value is -4.06. The van der Waals surface area contributed by atoms with E-state index in [0.717, 1.165) is 35.1 Å². The molecular weight excluding hydrogens is 600 g/mol. The van der Waals surface area contributed by atoms with Crippen LogP contribution in [0.5, 0.6) is 5.75 Å². The minimum absolute atomic E-state index is 0.0339. The number of nitrogens with zero attached hydrogens (tertiary/aromatic N) is 2. The molecule has 3 aromatic carbocycles. The van der Waals surface area contributed by atoms with Crippen molar-refractivity contribution in [1.29, 1.82) is 0 Å². The number of aliphatic hydroxyl groups excluding tert-OH is 1. The van der Waals surface area contributed by atoms with Gasteiger partial charge in [-0.3, -0.25) is 9.59 Å². The number of carbonyl (C=O) groups excluding carboxylic acids is 2. The number of carbonyl (C=O) groups is 2. The molecule has 0 bridgehead atoms. The van der Waals surface area contributed by atoms with E-state index >= 15 is 0 Å². The van der Waals surface area contributed by atoms with Crippen LogP contribution in [0.15, 0.2) is 90.5 Å². The lowest BCUT2D eigenvalue weighted by Gasteiger charge is -2.45. The molecule has 0 saturated carbocycles. The summed E-state index contributed by atoms with van der Waals surface area (Å²) < 4.78 is 17.8. The number of hydrogen-bond donors (Lipinski definition) is 3. The standard InChI is InChI=1S/C37H44N2O8/c1-3-4-17-38(2)34(41)32-21-33(35(42)39-22-29-15-16-31(45-19-18-40)20-30(29)23-39)37(44,47-25-28-13-9-6-10-14-28)26-36(32,43)46-24-27-11-7-5-8-12-27/h5-16,20-21,32,40,43-44H,3-4,17-19,22-26H2,1-2H3. The summed E-state index contributed by atoms with van der Waals surface area (Å²) in [6.07, 6.45) is 2.39. The monoisotopic (exact) mass is 644 g/mol. The van der Waals surface area contributed by atoms with Gasteiger partial charge in [0.25, 0.3) is 5.91 Å². The number of aliphatic hydroxyl groups is 3. The Balaban J connectivity index is 1.50. The summed E-state index contributed by atoms with van der Waals surface area (Å²) in [4.78, 5) is 31.4. The summed E-state index contributed by atoms with van der Waals surface area (Å²) in [5, 5.41) is 33.6. The highest BCUT2D eigenvalue weighted by Gasteiger charge is 2.57. The number of benzene rings is 3. The van der Waals surface area contributed by atoms with Crippen molar-refractivity contribution < 1.29 is 39.1 Å². The first kappa shape index (κ1) is 34.3. The van der Waals surface area contributed by atoms with Crippen LogP contribution < -0.4 is 4.74 Å². The normalized spacial score (nSPS) is 22.0. The Morgan fingerprint density at radius 1 is 0.915 bits per heavy atom. The highest BCUT2D eigenvalue weighted by atomic mass is 16.6. The summed E-state index contributed by atoms with van der Waals surface area (Å²) in [7, 11) is 1.66. The van der Waals surface area contributed by atoms with Gasteiger partial charge < -0.3 is 39.3 Å². The van der Waals surface area contributed by atoms with Crippen molar-refractivity contribution in [2.24, 2.45) is 5.92 Å². The minimum Gasteiger partial charge on any atom is -0.491 e. The van der Waals surface area contributed by atoms with Gasteiger partial charge in [-0.15, -0.1) is 0 Å². The van der Waals surface area contributed by atoms with Crippen LogP contribution in [0.3, 0.4) is 0 Å². The van der Waals surface area contributed by atoms with Crippen molar-refractivity contribution >= 4 is 11.8 Å². The average molecular weight is 645 g/mol. The molecule has 0 radical (unpaired) electrons. The molecule has 10 nitrogen and oxygen atoms in total. The van der Waals surface area contributed by atoms with Crippen molar-refractivity contribution in [3.8, 4) is 5.75 Å². The maximum Gasteiger partial charge on any atom is 0.255 e. The SMILES string of the molecule is CCCCN(C)C(=O)C1C=C(C(=O)N2Cc3ccc(OCCO)cc3C2)C(O)(OCc2ccccc2)CC1(O)OCc1ccccc1. The van der Waals surface area contributed by atoms with E-state index in [-0.39, 0.29) is 45.1 Å². The number of rotatable bonds is 14. The third-order valence-corrected chi connectivity index (χ3v) is 8.65. The summed E-state index contributed by atoms with van der Waals surface area (Å²) in [6, 6.07) is 23.9. The average Bonchev–Trinajstić information content (AvgIpc) is 3.52. The molecule has 250 valence electrons. The molecule has 1 aliphatic heterocycles. The first-order valence-electron chi connectivity index (χ1n) is 16.1. The molecule has 1 aliphatic carbocycles. The van der Waals surface area contributed by atoms with Gasteiger partial charge in [0, 0.05) is 26.7 Å². The fourth-order valence-electron chi connectivity index (χ4n) is 5.99. The number of ether oxygens (including phenoxy) is 3. The van der Waals surface area contributed by atoms with E-state index in [1.807, 2.05) is 79.7 Å². The number of hydrogen-bond acceptors (Lipinski definition) is 8. The van der Waals surface area contributed by atoms with Crippen LogP contribution in [0.2, 0.25) is 0 Å². The maximum absolute atomic E-state index is 14.4. The van der Waals surface area contributed by atoms with Gasteiger partial charge in [0.2, 0.25) is 11.7 Å². The van der Waals surface area contributed by atoms with Crippen LogP contribution in [0.4, 0.5) is 0 Å². The molecule has 5 rings (SSSR count). The Bertz CT molecular complexity index is 1550. The van der Waals surface area contributed by atoms with Gasteiger partial charge >= 0.3 is 0 Å². The van der Waals surface area contributed by atoms with Crippen LogP contribution in [0.1, 0.15) is 48.4 Å². The molecule has 2 amide bonds. The summed E-state index contributed by atoms with van der Waals surface area (Å²) in [6.45, 7) is 2.92. The fourth-order valence-corrected chi connectivity index (χ4v) is 5.99. The van der Waals surface area contributed by atoms with Crippen LogP contribution in [0, 0.1) is 5.92 Å². The second-order valence-electron chi connectivity index (χ2n) is 12.2. The number of fused-ring (bicyclic) bond motifs is 1. The minimum atomic E-state index is -2.29. The first-order chi connectivity index (χ1) is 22.7. The van der Waals surface area contributed by atoms with E-state index in [0.29, 0.717) is 12.3 Å². The Labute approximate surface area is 275 Å². The summed E-state index contributed by atoms with van der Waals surface area (Å²) in [5.74, 6) is -6.16. The zero-order chi connectivity index (χ0) is 33.4. The lowest BCUT2D eigenvalue weighted by atomic mass is 9.79. The zero-order valence-corrected chi connectivity index (χ0v) is 27.0. The third-order valence-electron chi connectivity index (χ3n) is 8.65. The van der Waals surface area contributed by atoms with Crippen molar-refractivity contribution in [2.45, 2.75) is 64.1 Å². The van der Waals surface area contributed by atoms with E-state index in [9.17, 15) is 19.8 Å². The second kappa shape index (κ2) is 15.2. The topological polar surface area (TPSA) is 129 Å². The van der Waals surface area contributed by atoms with Crippen LogP contribution >= 0.6 is 0 Å². The third kappa shape index (κ3) is 8.09. The quantitative estimate of drug-likeness (QED) is 0.226. The first-order valence-corrected chi connectivity index (χ1v) is 16.1. The van der Waals surface area contributed by atoms with E-state index in [1.165, 1.54) is 11.0 Å². The molecule has 10 heteroatoms. The van der Waals surface area contributed by atoms with E-state index in [2.05, 4.69) is 0 Å². The zero-order valence-electron chi connectivity index (χ0n) is 27.0. The second-order valence-corrected chi connectivity index (χ2v) is 12.2. The van der Waals surface area contributed by atoms with Gasteiger partial charge in [-0.25, -0.2) is 0 Å². The van der Waals surface area contributed by atoms with Gasteiger partial charge in [-0.05, 0) is 40.8 Å². The fraction of sp³-hybridized carbons (Fsp3) is 0.405. The molecule has 3 N–H and O–H groups in total. The van der Waals surface area contributed by atoms with Crippen molar-refractivity contribution in [3.05, 3.63) is 113 Å². The smallest absolute Gasteiger partial charge is 0.255 e. The molecule has 0 saturated heterocycles. The maximum atomic E-state index is 14.4. The molecule has 1 heterocycles. The van der Waals surface area contributed by atoms with E-state index in [4.69, 9.17) is 19.3 Å². The highest BCUT2D eigenvalue weighted by molar-refractivity contribution is 5.97. The Morgan fingerprint density at radius 2 is 1.55 bits per heavy atom. The van der Waals surface area contributed by atoms with Gasteiger partial charge in [0.15, 0.2) is 5.79 Å². The molecule has 3 aromatic rings. The van der Waals surface area contributed by atoms with Crippen LogP contribution in [0.25, 0.3) is 0 Å². The van der Waals surface area contributed by atoms with Crippen molar-refractivity contribution in [2.75, 3.05) is 26.8 Å². The van der Waals surface area contributed by atoms with Gasteiger partial charge in [-0.1, -0.05) is 86.2 Å². The molecule has 47 heavy (non-hydrogen) atoms.